The Morgan fingerprint density at radius 3 is 1.35 bits per heavy atom. The highest BCUT2D eigenvalue weighted by molar-refractivity contribution is 6.17. The molecule has 1 aliphatic heterocycles. The number of aliphatic imine (C=N–C) groups is 2. The average molecular weight is 828 g/mol. The van der Waals surface area contributed by atoms with Crippen LogP contribution in [0.5, 0.6) is 0 Å². The number of nitrogens with zero attached hydrogens (tertiary/aromatic N) is 2. The van der Waals surface area contributed by atoms with Gasteiger partial charge in [0, 0.05) is 12.0 Å². The summed E-state index contributed by atoms with van der Waals surface area (Å²) in [5.41, 5.74) is 22.9. The molecule has 65 heavy (non-hydrogen) atoms. The van der Waals surface area contributed by atoms with E-state index in [0.717, 1.165) is 28.4 Å². The number of amidine groups is 2. The smallest absolute Gasteiger partial charge is 0.169 e. The summed E-state index contributed by atoms with van der Waals surface area (Å²) in [6, 6.07) is 81.1. The lowest BCUT2D eigenvalue weighted by molar-refractivity contribution is 0.633. The summed E-state index contributed by atoms with van der Waals surface area (Å²) in [5.74, 6) is 1.67. The lowest BCUT2D eigenvalue weighted by Gasteiger charge is -2.49. The summed E-state index contributed by atoms with van der Waals surface area (Å²) in [4.78, 5) is 10.7. The van der Waals surface area contributed by atoms with Crippen LogP contribution in [0.25, 0.3) is 39.5 Å². The quantitative estimate of drug-likeness (QED) is 0.189. The van der Waals surface area contributed by atoms with Crippen molar-refractivity contribution in [1.82, 2.24) is 5.32 Å². The van der Waals surface area contributed by atoms with Crippen molar-refractivity contribution in [2.45, 2.75) is 23.4 Å². The first kappa shape index (κ1) is 36.4. The van der Waals surface area contributed by atoms with Gasteiger partial charge >= 0.3 is 0 Å². The Morgan fingerprint density at radius 1 is 0.369 bits per heavy atom. The van der Waals surface area contributed by atoms with E-state index in [1.54, 1.807) is 0 Å². The Bertz CT molecular complexity index is 3470. The Labute approximate surface area is 378 Å². The summed E-state index contributed by atoms with van der Waals surface area (Å²) in [6.45, 7) is 0. The molecule has 0 fully saturated rings. The zero-order chi connectivity index (χ0) is 42.7. The highest BCUT2D eigenvalue weighted by atomic mass is 15.2. The van der Waals surface area contributed by atoms with Crippen molar-refractivity contribution in [3.8, 4) is 33.4 Å². The van der Waals surface area contributed by atoms with E-state index >= 15 is 0 Å². The van der Waals surface area contributed by atoms with Gasteiger partial charge in [-0.25, -0.2) is 9.98 Å². The van der Waals surface area contributed by atoms with E-state index in [0.29, 0.717) is 6.42 Å². The molecule has 9 aromatic rings. The van der Waals surface area contributed by atoms with Crippen LogP contribution in [-0.4, -0.2) is 11.7 Å². The lowest BCUT2D eigenvalue weighted by Crippen LogP contribution is -2.44. The predicted octanol–water partition coefficient (Wildman–Crippen LogP) is 13.5. The van der Waals surface area contributed by atoms with Crippen LogP contribution >= 0.6 is 0 Å². The van der Waals surface area contributed by atoms with Gasteiger partial charge in [-0.05, 0) is 118 Å². The molecule has 1 unspecified atom stereocenters. The Morgan fingerprint density at radius 2 is 0.800 bits per heavy atom. The summed E-state index contributed by atoms with van der Waals surface area (Å²) in [7, 11) is 0. The highest BCUT2D eigenvalue weighted by Crippen LogP contribution is 2.68. The van der Waals surface area contributed by atoms with Gasteiger partial charge in [-0.15, -0.1) is 0 Å². The van der Waals surface area contributed by atoms with Crippen molar-refractivity contribution in [2.75, 3.05) is 0 Å². The first-order valence-corrected chi connectivity index (χ1v) is 22.7. The number of hydrogen-bond donors (Lipinski definition) is 1. The molecule has 14 rings (SSSR count). The molecule has 2 spiro atoms. The topological polar surface area (TPSA) is 36.8 Å². The largest absolute Gasteiger partial charge is 0.325 e. The molecule has 1 heterocycles. The van der Waals surface area contributed by atoms with Crippen LogP contribution in [0.4, 0.5) is 0 Å². The maximum atomic E-state index is 5.44. The van der Waals surface area contributed by atoms with Crippen molar-refractivity contribution >= 4 is 17.7 Å². The summed E-state index contributed by atoms with van der Waals surface area (Å²) < 4.78 is 0. The van der Waals surface area contributed by atoms with E-state index in [-0.39, 0.29) is 0 Å². The Hall–Kier alpha value is -8.14. The first-order chi connectivity index (χ1) is 32.2. The van der Waals surface area contributed by atoms with Gasteiger partial charge in [-0.2, -0.15) is 0 Å². The second-order valence-corrected chi connectivity index (χ2v) is 17.9. The number of benzene rings is 9. The van der Waals surface area contributed by atoms with Crippen LogP contribution in [-0.2, 0) is 17.3 Å². The number of rotatable bonds is 3. The second-order valence-electron chi connectivity index (χ2n) is 17.9. The molecule has 3 heteroatoms. The molecular formula is C62H41N3. The molecule has 0 saturated heterocycles. The molecule has 3 nitrogen and oxygen atoms in total. The van der Waals surface area contributed by atoms with E-state index in [4.69, 9.17) is 9.98 Å². The van der Waals surface area contributed by atoms with E-state index in [9.17, 15) is 0 Å². The minimum Gasteiger partial charge on any atom is -0.325 e. The van der Waals surface area contributed by atoms with Gasteiger partial charge in [-0.1, -0.05) is 206 Å². The minimum atomic E-state index is -0.585. The third kappa shape index (κ3) is 4.90. The van der Waals surface area contributed by atoms with Gasteiger partial charge in [0.25, 0.3) is 0 Å². The zero-order valence-electron chi connectivity index (χ0n) is 35.5. The van der Waals surface area contributed by atoms with Crippen LogP contribution in [0.1, 0.15) is 72.9 Å². The van der Waals surface area contributed by atoms with Gasteiger partial charge in [-0.3, -0.25) is 0 Å². The number of hydrogen-bond acceptors (Lipinski definition) is 3. The first-order valence-electron chi connectivity index (χ1n) is 22.7. The van der Waals surface area contributed by atoms with Gasteiger partial charge in [0.15, 0.2) is 6.17 Å². The van der Waals surface area contributed by atoms with Crippen LogP contribution < -0.4 is 5.32 Å². The molecule has 0 amide bonds. The molecular weight excluding hydrogens is 787 g/mol. The number of nitrogens with one attached hydrogen (secondary N) is 1. The van der Waals surface area contributed by atoms with E-state index < -0.39 is 17.0 Å². The average Bonchev–Trinajstić information content (AvgIpc) is 3.77. The second kappa shape index (κ2) is 13.7. The molecule has 0 aromatic heterocycles. The normalized spacial score (nSPS) is 17.0. The Balaban J connectivity index is 1.10. The molecule has 4 aliphatic carbocycles. The third-order valence-corrected chi connectivity index (χ3v) is 14.8. The van der Waals surface area contributed by atoms with E-state index in [1.165, 1.54) is 89.0 Å². The maximum Gasteiger partial charge on any atom is 0.169 e. The molecule has 5 aliphatic rings. The third-order valence-electron chi connectivity index (χ3n) is 14.8. The van der Waals surface area contributed by atoms with Gasteiger partial charge < -0.3 is 5.32 Å². The standard InChI is InChI=1S/C62H41N3/c1-3-19-39(20-4-1)58-63-59(40-21-5-2-6-22-40)65-60(64-58)43-35-41-23-7-8-24-44(41)49-38-57-56(37-42(49)36-43)61(50-29-13-9-25-45(50)46-26-10-14-30-51(46)61)54-33-17-18-34-55(54)62(57)52-31-15-11-27-47(52)48-28-12-16-32-53(48)62/h1-34,36-38,58H,35H2,(H,63,64,65). The Kier molecular flexibility index (Phi) is 7.65. The molecule has 1 atom stereocenters. The molecule has 304 valence electrons. The SMILES string of the molecule is C1=C(C2=NC(c3ccccc3)N=C(c3ccccc3)N2)Cc2ccccc2-c2cc3c(cc21)C1(c2ccccc2-c2ccccc21)c1ccccc1C31c2ccccc2-c2ccccc21. The summed E-state index contributed by atoms with van der Waals surface area (Å²) >= 11 is 0. The van der Waals surface area contributed by atoms with Gasteiger partial charge in [0.1, 0.15) is 11.7 Å². The van der Waals surface area contributed by atoms with Gasteiger partial charge in [0.2, 0.25) is 0 Å². The summed E-state index contributed by atoms with van der Waals surface area (Å²) in [5, 5.41) is 3.77. The van der Waals surface area contributed by atoms with Crippen molar-refractivity contribution in [3.63, 3.8) is 0 Å². The zero-order valence-corrected chi connectivity index (χ0v) is 35.5. The maximum absolute atomic E-state index is 5.44. The molecule has 0 bridgehead atoms. The fourth-order valence-electron chi connectivity index (χ4n) is 12.3. The molecule has 0 radical (unpaired) electrons. The number of fused-ring (bicyclic) bond motifs is 19. The van der Waals surface area contributed by atoms with Crippen LogP contribution in [0.3, 0.4) is 0 Å². The molecule has 1 N–H and O–H groups in total. The van der Waals surface area contributed by atoms with Gasteiger partial charge in [0.05, 0.1) is 10.8 Å². The predicted molar refractivity (Wildman–Crippen MR) is 264 cm³/mol. The van der Waals surface area contributed by atoms with Crippen LogP contribution in [0.15, 0.2) is 234 Å². The van der Waals surface area contributed by atoms with E-state index in [1.807, 2.05) is 0 Å². The minimum absolute atomic E-state index is 0.390. The molecule has 0 saturated carbocycles. The summed E-state index contributed by atoms with van der Waals surface area (Å²) in [6.07, 6.45) is 2.75. The van der Waals surface area contributed by atoms with Crippen molar-refractivity contribution < 1.29 is 0 Å². The van der Waals surface area contributed by atoms with Crippen LogP contribution in [0, 0.1) is 0 Å². The van der Waals surface area contributed by atoms with Crippen molar-refractivity contribution in [1.29, 1.82) is 0 Å². The van der Waals surface area contributed by atoms with Crippen molar-refractivity contribution in [2.24, 2.45) is 9.98 Å². The van der Waals surface area contributed by atoms with Crippen LogP contribution in [0.2, 0.25) is 0 Å². The fraction of sp³-hybridized carbons (Fsp3) is 0.0645. The molecule has 9 aromatic carbocycles. The fourth-order valence-corrected chi connectivity index (χ4v) is 12.3. The highest BCUT2D eigenvalue weighted by Gasteiger charge is 2.59. The monoisotopic (exact) mass is 827 g/mol. The van der Waals surface area contributed by atoms with E-state index in [2.05, 4.69) is 230 Å². The van der Waals surface area contributed by atoms with Crippen molar-refractivity contribution in [3.05, 3.63) is 291 Å². The lowest BCUT2D eigenvalue weighted by atomic mass is 9.52.